The molecule has 0 bridgehead atoms. The lowest BCUT2D eigenvalue weighted by atomic mass is 10.0. The molecule has 1 aliphatic carbocycles. The van der Waals surface area contributed by atoms with Gasteiger partial charge in [-0.15, -0.1) is 0 Å². The van der Waals surface area contributed by atoms with Crippen LogP contribution in [-0.4, -0.2) is 27.0 Å². The van der Waals surface area contributed by atoms with Crippen LogP contribution in [0.25, 0.3) is 5.57 Å². The van der Waals surface area contributed by atoms with E-state index in [1.165, 1.54) is 16.7 Å². The molecule has 0 saturated carbocycles. The van der Waals surface area contributed by atoms with Crippen molar-refractivity contribution in [3.63, 3.8) is 0 Å². The summed E-state index contributed by atoms with van der Waals surface area (Å²) in [5, 5.41) is 0. The van der Waals surface area contributed by atoms with E-state index >= 15 is 0 Å². The number of esters is 1. The summed E-state index contributed by atoms with van der Waals surface area (Å²) in [6.45, 7) is 11.1. The van der Waals surface area contributed by atoms with E-state index in [0.717, 1.165) is 18.1 Å². The zero-order valence-corrected chi connectivity index (χ0v) is 17.3. The van der Waals surface area contributed by atoms with Crippen molar-refractivity contribution in [2.24, 2.45) is 5.92 Å². The smallest absolute Gasteiger partial charge is 0.312 e. The molecule has 2 unspecified atom stereocenters. The second kappa shape index (κ2) is 8.81. The summed E-state index contributed by atoms with van der Waals surface area (Å²) in [6, 6.07) is 13.6. The molecule has 0 aromatic heterocycles. The number of allylic oxidation sites excluding steroid dienone is 1. The third-order valence-corrected chi connectivity index (χ3v) is 10.3. The van der Waals surface area contributed by atoms with Crippen LogP contribution in [0.15, 0.2) is 35.9 Å². The molecule has 0 aliphatic heterocycles. The highest BCUT2D eigenvalue weighted by Crippen LogP contribution is 2.42. The lowest BCUT2D eigenvalue weighted by Crippen LogP contribution is -2.43. The van der Waals surface area contributed by atoms with Gasteiger partial charge in [-0.05, 0) is 55.1 Å². The van der Waals surface area contributed by atoms with Gasteiger partial charge < -0.3 is 9.16 Å². The summed E-state index contributed by atoms with van der Waals surface area (Å²) < 4.78 is 12.1. The summed E-state index contributed by atoms with van der Waals surface area (Å²) in [6.07, 6.45) is 0.571. The van der Waals surface area contributed by atoms with Crippen LogP contribution >= 0.6 is 0 Å². The molecule has 2 rings (SSSR count). The van der Waals surface area contributed by atoms with Gasteiger partial charge in [-0.25, -0.2) is 0 Å². The maximum absolute atomic E-state index is 12.6. The Morgan fingerprint density at radius 1 is 1.08 bits per heavy atom. The van der Waals surface area contributed by atoms with E-state index in [9.17, 15) is 4.79 Å². The fourth-order valence-corrected chi connectivity index (χ4v) is 6.72. The zero-order valence-electron chi connectivity index (χ0n) is 16.3. The maximum Gasteiger partial charge on any atom is 0.312 e. The van der Waals surface area contributed by atoms with Gasteiger partial charge in [0.05, 0.1) is 18.6 Å². The number of rotatable bonds is 8. The van der Waals surface area contributed by atoms with Gasteiger partial charge in [-0.2, -0.15) is 0 Å². The molecule has 0 spiro atoms. The second-order valence-electron chi connectivity index (χ2n) is 6.87. The lowest BCUT2D eigenvalue weighted by molar-refractivity contribution is -0.150. The molecule has 3 nitrogen and oxygen atoms in total. The number of hydrogen-bond acceptors (Lipinski definition) is 3. The van der Waals surface area contributed by atoms with Crippen LogP contribution in [0.3, 0.4) is 0 Å². The molecule has 1 aromatic rings. The minimum atomic E-state index is -1.81. The van der Waals surface area contributed by atoms with Crippen LogP contribution in [0.4, 0.5) is 0 Å². The van der Waals surface area contributed by atoms with E-state index in [-0.39, 0.29) is 18.0 Å². The van der Waals surface area contributed by atoms with Gasteiger partial charge in [0.15, 0.2) is 8.32 Å². The molecule has 0 heterocycles. The number of ether oxygens (including phenoxy) is 1. The van der Waals surface area contributed by atoms with Gasteiger partial charge in [-0.3, -0.25) is 4.79 Å². The Morgan fingerprint density at radius 2 is 1.68 bits per heavy atom. The molecule has 2 atom stereocenters. The maximum atomic E-state index is 12.6. The van der Waals surface area contributed by atoms with E-state index in [1.807, 2.05) is 25.1 Å². The minimum absolute atomic E-state index is 0.121. The third kappa shape index (κ3) is 4.24. The molecule has 0 radical (unpaired) electrons. The van der Waals surface area contributed by atoms with Gasteiger partial charge in [0, 0.05) is 0 Å². The fraction of sp³-hybridized carbons (Fsp3) is 0.571. The average Bonchev–Trinajstić information content (AvgIpc) is 2.97. The highest BCUT2D eigenvalue weighted by Gasteiger charge is 2.43. The first-order valence-corrected chi connectivity index (χ1v) is 12.1. The Bertz CT molecular complexity index is 597. The van der Waals surface area contributed by atoms with Crippen molar-refractivity contribution in [2.45, 2.75) is 65.3 Å². The van der Waals surface area contributed by atoms with Crippen LogP contribution in [0.2, 0.25) is 18.1 Å². The van der Waals surface area contributed by atoms with Gasteiger partial charge in [-0.1, -0.05) is 51.1 Å². The van der Waals surface area contributed by atoms with Crippen LogP contribution in [-0.2, 0) is 14.0 Å². The van der Waals surface area contributed by atoms with Crippen molar-refractivity contribution in [3.05, 3.63) is 41.5 Å². The zero-order chi connectivity index (χ0) is 18.4. The second-order valence-corrected chi connectivity index (χ2v) is 11.6. The van der Waals surface area contributed by atoms with E-state index in [1.54, 1.807) is 0 Å². The van der Waals surface area contributed by atoms with Gasteiger partial charge in [0.25, 0.3) is 0 Å². The van der Waals surface area contributed by atoms with Crippen LogP contribution in [0.5, 0.6) is 0 Å². The Hall–Kier alpha value is -1.39. The van der Waals surface area contributed by atoms with E-state index in [0.29, 0.717) is 13.0 Å². The minimum Gasteiger partial charge on any atom is -0.466 e. The van der Waals surface area contributed by atoms with Crippen molar-refractivity contribution in [3.8, 4) is 0 Å². The van der Waals surface area contributed by atoms with E-state index < -0.39 is 8.32 Å². The predicted molar refractivity (Wildman–Crippen MR) is 106 cm³/mol. The number of benzene rings is 1. The lowest BCUT2D eigenvalue weighted by Gasteiger charge is -2.34. The number of hydrogen-bond donors (Lipinski definition) is 0. The van der Waals surface area contributed by atoms with E-state index in [2.05, 4.69) is 39.8 Å². The molecule has 1 aliphatic rings. The van der Waals surface area contributed by atoms with Gasteiger partial charge in [0.2, 0.25) is 0 Å². The number of carbonyl (C=O) groups excluding carboxylic acids is 1. The first kappa shape index (κ1) is 19.9. The van der Waals surface area contributed by atoms with E-state index in [4.69, 9.17) is 9.16 Å². The first-order chi connectivity index (χ1) is 12.0. The molecule has 4 heteroatoms. The van der Waals surface area contributed by atoms with Crippen LogP contribution < -0.4 is 0 Å². The monoisotopic (exact) mass is 360 g/mol. The molecule has 1 aromatic carbocycles. The SMILES string of the molecule is CCOC(=O)C1CC(c2ccccc2)=C(C)C1O[Si](CC)(CC)CC. The predicted octanol–water partition coefficient (Wildman–Crippen LogP) is 5.43. The highest BCUT2D eigenvalue weighted by atomic mass is 28.4. The molecule has 0 saturated heterocycles. The summed E-state index contributed by atoms with van der Waals surface area (Å²) in [4.78, 5) is 12.6. The molecular weight excluding hydrogens is 328 g/mol. The fourth-order valence-electron chi connectivity index (χ4n) is 3.84. The van der Waals surface area contributed by atoms with Crippen molar-refractivity contribution in [1.82, 2.24) is 0 Å². The third-order valence-electron chi connectivity index (χ3n) is 5.71. The van der Waals surface area contributed by atoms with Gasteiger partial charge >= 0.3 is 5.97 Å². The quantitative estimate of drug-likeness (QED) is 0.458. The number of carbonyl (C=O) groups is 1. The Kier molecular flexibility index (Phi) is 7.02. The van der Waals surface area contributed by atoms with Crippen molar-refractivity contribution in [2.75, 3.05) is 6.61 Å². The van der Waals surface area contributed by atoms with Gasteiger partial charge in [0.1, 0.15) is 0 Å². The first-order valence-electron chi connectivity index (χ1n) is 9.61. The summed E-state index contributed by atoms with van der Waals surface area (Å²) in [5.74, 6) is -0.337. The Balaban J connectivity index is 2.38. The molecule has 138 valence electrons. The Morgan fingerprint density at radius 3 is 2.20 bits per heavy atom. The summed E-state index contributed by atoms with van der Waals surface area (Å²) in [5.41, 5.74) is 3.64. The Labute approximate surface area is 153 Å². The molecule has 0 N–H and O–H groups in total. The largest absolute Gasteiger partial charge is 0.466 e. The van der Waals surface area contributed by atoms with Crippen LogP contribution in [0.1, 0.15) is 46.6 Å². The van der Waals surface area contributed by atoms with Crippen LogP contribution in [0, 0.1) is 5.92 Å². The van der Waals surface area contributed by atoms with Crippen molar-refractivity contribution in [1.29, 1.82) is 0 Å². The standard InChI is InChI=1S/C21H32O3Si/c1-6-23-21(22)19-15-18(17-13-11-10-12-14-17)16(5)20(19)24-25(7-2,8-3)9-4/h10-14,19-20H,6-9,15H2,1-5H3. The topological polar surface area (TPSA) is 35.5 Å². The highest BCUT2D eigenvalue weighted by molar-refractivity contribution is 6.73. The molecular formula is C21H32O3Si. The molecule has 0 fully saturated rings. The van der Waals surface area contributed by atoms with Crippen molar-refractivity contribution < 1.29 is 14.0 Å². The molecule has 0 amide bonds. The summed E-state index contributed by atoms with van der Waals surface area (Å²) >= 11 is 0. The average molecular weight is 361 g/mol. The molecule has 25 heavy (non-hydrogen) atoms. The summed E-state index contributed by atoms with van der Waals surface area (Å²) in [7, 11) is -1.81. The normalized spacial score (nSPS) is 20.8. The van der Waals surface area contributed by atoms with Crippen molar-refractivity contribution >= 4 is 19.9 Å².